The highest BCUT2D eigenvalue weighted by atomic mass is 35.5. The largest absolute Gasteiger partial charge is 0.388 e. The molecule has 0 fully saturated rings. The van der Waals surface area contributed by atoms with Crippen LogP contribution in [0.15, 0.2) is 24.3 Å². The molecule has 1 atom stereocenters. The summed E-state index contributed by atoms with van der Waals surface area (Å²) in [6, 6.07) is 7.64. The monoisotopic (exact) mass is 199 g/mol. The number of hydrogen-bond acceptors (Lipinski definition) is 2. The van der Waals surface area contributed by atoms with E-state index < -0.39 is 6.10 Å². The first kappa shape index (κ1) is 10.5. The second-order valence-electron chi connectivity index (χ2n) is 2.94. The van der Waals surface area contributed by atoms with Gasteiger partial charge in [-0.2, -0.15) is 0 Å². The van der Waals surface area contributed by atoms with E-state index in [1.807, 2.05) is 24.3 Å². The van der Waals surface area contributed by atoms with Crippen LogP contribution >= 0.6 is 11.6 Å². The second kappa shape index (κ2) is 5.22. The van der Waals surface area contributed by atoms with Gasteiger partial charge >= 0.3 is 0 Å². The van der Waals surface area contributed by atoms with Gasteiger partial charge in [0.05, 0.1) is 6.10 Å². The molecule has 0 saturated heterocycles. The first-order valence-corrected chi connectivity index (χ1v) is 4.84. The molecule has 1 aromatic carbocycles. The molecule has 0 aliphatic carbocycles. The van der Waals surface area contributed by atoms with E-state index in [-0.39, 0.29) is 0 Å². The molecule has 0 spiro atoms. The summed E-state index contributed by atoms with van der Waals surface area (Å²) in [4.78, 5) is 0. The molecule has 3 heteroatoms. The molecule has 0 aromatic heterocycles. The van der Waals surface area contributed by atoms with E-state index in [2.05, 4.69) is 0 Å². The van der Waals surface area contributed by atoms with E-state index in [4.69, 9.17) is 17.3 Å². The number of aliphatic hydroxyl groups excluding tert-OH is 1. The summed E-state index contributed by atoms with van der Waals surface area (Å²) in [5.74, 6) is 0.466. The molecule has 1 aromatic rings. The van der Waals surface area contributed by atoms with Gasteiger partial charge in [0.25, 0.3) is 0 Å². The second-order valence-corrected chi connectivity index (χ2v) is 3.32. The summed E-state index contributed by atoms with van der Waals surface area (Å²) in [6.07, 6.45) is 0.110. The molecule has 0 heterocycles. The van der Waals surface area contributed by atoms with Gasteiger partial charge in [-0.3, -0.25) is 0 Å². The Labute approximate surface area is 83.3 Å². The number of hydrogen-bond donors (Lipinski definition) is 2. The third kappa shape index (κ3) is 2.99. The zero-order valence-corrected chi connectivity index (χ0v) is 8.17. The van der Waals surface area contributed by atoms with Gasteiger partial charge in [0.2, 0.25) is 0 Å². The van der Waals surface area contributed by atoms with E-state index in [9.17, 15) is 5.11 Å². The van der Waals surface area contributed by atoms with Crippen molar-refractivity contribution in [3.05, 3.63) is 35.4 Å². The van der Waals surface area contributed by atoms with Crippen LogP contribution in [0.25, 0.3) is 0 Å². The average molecular weight is 200 g/mol. The summed E-state index contributed by atoms with van der Waals surface area (Å²) in [5, 5.41) is 9.62. The van der Waals surface area contributed by atoms with Crippen molar-refractivity contribution in [1.29, 1.82) is 0 Å². The van der Waals surface area contributed by atoms with Crippen LogP contribution in [0, 0.1) is 0 Å². The number of alkyl halides is 1. The zero-order chi connectivity index (χ0) is 9.68. The van der Waals surface area contributed by atoms with E-state index >= 15 is 0 Å². The Morgan fingerprint density at radius 2 is 2.23 bits per heavy atom. The Hall–Kier alpha value is -0.570. The van der Waals surface area contributed by atoms with Gasteiger partial charge in [-0.1, -0.05) is 24.3 Å². The van der Waals surface area contributed by atoms with Gasteiger partial charge in [-0.05, 0) is 17.5 Å². The Balaban J connectivity index is 2.75. The molecule has 0 aliphatic rings. The molecule has 0 saturated carbocycles. The lowest BCUT2D eigenvalue weighted by Gasteiger charge is -2.09. The van der Waals surface area contributed by atoms with Crippen LogP contribution in [0.4, 0.5) is 0 Å². The van der Waals surface area contributed by atoms with Crippen LogP contribution in [0.5, 0.6) is 0 Å². The summed E-state index contributed by atoms with van der Waals surface area (Å²) in [6.45, 7) is 0.501. The Morgan fingerprint density at radius 3 is 2.85 bits per heavy atom. The van der Waals surface area contributed by atoms with Crippen molar-refractivity contribution < 1.29 is 5.11 Å². The lowest BCUT2D eigenvalue weighted by Crippen LogP contribution is -2.01. The van der Waals surface area contributed by atoms with Gasteiger partial charge < -0.3 is 10.8 Å². The van der Waals surface area contributed by atoms with E-state index in [1.165, 1.54) is 0 Å². The summed E-state index contributed by atoms with van der Waals surface area (Å²) in [7, 11) is 0. The quantitative estimate of drug-likeness (QED) is 0.727. The normalized spacial score (nSPS) is 12.8. The minimum atomic E-state index is -0.469. The van der Waals surface area contributed by atoms with Crippen LogP contribution in [0.1, 0.15) is 23.7 Å². The van der Waals surface area contributed by atoms with Gasteiger partial charge in [0, 0.05) is 12.4 Å². The molecule has 1 rings (SSSR count). The number of nitrogens with two attached hydrogens (primary N) is 1. The van der Waals surface area contributed by atoms with Gasteiger partial charge in [0.15, 0.2) is 0 Å². The lowest BCUT2D eigenvalue weighted by molar-refractivity contribution is 0.174. The predicted molar refractivity (Wildman–Crippen MR) is 54.6 cm³/mol. The van der Waals surface area contributed by atoms with Crippen molar-refractivity contribution in [2.75, 3.05) is 5.88 Å². The van der Waals surface area contributed by atoms with Crippen molar-refractivity contribution >= 4 is 11.6 Å². The molecule has 13 heavy (non-hydrogen) atoms. The first-order valence-electron chi connectivity index (χ1n) is 4.31. The van der Waals surface area contributed by atoms with E-state index in [0.717, 1.165) is 11.1 Å². The molecule has 0 aliphatic heterocycles. The highest BCUT2D eigenvalue weighted by Crippen LogP contribution is 2.17. The Bertz CT molecular complexity index is 265. The van der Waals surface area contributed by atoms with Gasteiger partial charge in [0.1, 0.15) is 0 Å². The maximum Gasteiger partial charge on any atom is 0.0801 e. The van der Waals surface area contributed by atoms with E-state index in [0.29, 0.717) is 18.8 Å². The predicted octanol–water partition coefficient (Wildman–Crippen LogP) is 1.81. The third-order valence-corrected chi connectivity index (χ3v) is 2.17. The van der Waals surface area contributed by atoms with Crippen molar-refractivity contribution in [2.24, 2.45) is 5.73 Å². The van der Waals surface area contributed by atoms with Gasteiger partial charge in [-0.15, -0.1) is 11.6 Å². The van der Waals surface area contributed by atoms with Crippen LogP contribution in [0.2, 0.25) is 0 Å². The number of benzene rings is 1. The zero-order valence-electron chi connectivity index (χ0n) is 7.41. The van der Waals surface area contributed by atoms with E-state index in [1.54, 1.807) is 0 Å². The fourth-order valence-corrected chi connectivity index (χ4v) is 1.40. The highest BCUT2D eigenvalue weighted by Gasteiger charge is 2.06. The van der Waals surface area contributed by atoms with Crippen molar-refractivity contribution in [2.45, 2.75) is 19.1 Å². The standard InChI is InChI=1S/C10H14ClNO/c11-5-4-10(13)9-3-1-2-8(6-9)7-12/h1-3,6,10,13H,4-5,7,12H2. The topological polar surface area (TPSA) is 46.2 Å². The summed E-state index contributed by atoms with van der Waals surface area (Å²) >= 11 is 5.54. The van der Waals surface area contributed by atoms with Crippen molar-refractivity contribution in [3.8, 4) is 0 Å². The first-order chi connectivity index (χ1) is 6.27. The van der Waals surface area contributed by atoms with Crippen LogP contribution < -0.4 is 5.73 Å². The van der Waals surface area contributed by atoms with Gasteiger partial charge in [-0.25, -0.2) is 0 Å². The molecular weight excluding hydrogens is 186 g/mol. The summed E-state index contributed by atoms with van der Waals surface area (Å²) in [5.41, 5.74) is 7.41. The number of halogens is 1. The smallest absolute Gasteiger partial charge is 0.0801 e. The molecule has 2 nitrogen and oxygen atoms in total. The fraction of sp³-hybridized carbons (Fsp3) is 0.400. The maximum atomic E-state index is 9.62. The molecule has 3 N–H and O–H groups in total. The Kier molecular flexibility index (Phi) is 4.22. The minimum Gasteiger partial charge on any atom is -0.388 e. The third-order valence-electron chi connectivity index (χ3n) is 1.95. The SMILES string of the molecule is NCc1cccc(C(O)CCCl)c1. The summed E-state index contributed by atoms with van der Waals surface area (Å²) < 4.78 is 0. The van der Waals surface area contributed by atoms with Crippen LogP contribution in [-0.2, 0) is 6.54 Å². The molecule has 1 unspecified atom stereocenters. The molecule has 0 amide bonds. The van der Waals surface area contributed by atoms with Crippen LogP contribution in [0.3, 0.4) is 0 Å². The van der Waals surface area contributed by atoms with Crippen molar-refractivity contribution in [3.63, 3.8) is 0 Å². The fourth-order valence-electron chi connectivity index (χ4n) is 1.20. The van der Waals surface area contributed by atoms with Crippen LogP contribution in [-0.4, -0.2) is 11.0 Å². The molecular formula is C10H14ClNO. The lowest BCUT2D eigenvalue weighted by atomic mass is 10.0. The maximum absolute atomic E-state index is 9.62. The Morgan fingerprint density at radius 1 is 1.46 bits per heavy atom. The molecule has 0 bridgehead atoms. The number of aliphatic hydroxyl groups is 1. The highest BCUT2D eigenvalue weighted by molar-refractivity contribution is 6.17. The minimum absolute atomic E-state index is 0.466. The number of rotatable bonds is 4. The van der Waals surface area contributed by atoms with Crippen molar-refractivity contribution in [1.82, 2.24) is 0 Å². The molecule has 0 radical (unpaired) electrons. The average Bonchev–Trinajstić information content (AvgIpc) is 2.18. The molecule has 72 valence electrons.